The lowest BCUT2D eigenvalue weighted by Crippen LogP contribution is -2.42. The molecule has 0 radical (unpaired) electrons. The van der Waals surface area contributed by atoms with Crippen LogP contribution in [0.2, 0.25) is 0 Å². The quantitative estimate of drug-likeness (QED) is 0.406. The molecule has 2 aliphatic rings. The van der Waals surface area contributed by atoms with Crippen LogP contribution in [-0.2, 0) is 19.1 Å². The van der Waals surface area contributed by atoms with Gasteiger partial charge in [0.2, 0.25) is 5.96 Å². The van der Waals surface area contributed by atoms with Crippen molar-refractivity contribution < 1.29 is 19.1 Å². The topological polar surface area (TPSA) is 131 Å². The minimum absolute atomic E-state index is 0.0937. The van der Waals surface area contributed by atoms with Gasteiger partial charge in [-0.2, -0.15) is 9.98 Å². The Morgan fingerprint density at radius 1 is 1.40 bits per heavy atom. The molecule has 0 aliphatic carbocycles. The number of esters is 1. The summed E-state index contributed by atoms with van der Waals surface area (Å²) in [5.41, 5.74) is 5.49. The highest BCUT2D eigenvalue weighted by Gasteiger charge is 2.35. The maximum Gasteiger partial charge on any atom is 0.323 e. The number of hydrogen-bond donors (Lipinski definition) is 2. The summed E-state index contributed by atoms with van der Waals surface area (Å²) >= 11 is 0. The van der Waals surface area contributed by atoms with Gasteiger partial charge in [0.05, 0.1) is 12.9 Å². The summed E-state index contributed by atoms with van der Waals surface area (Å²) in [4.78, 5) is 36.8. The molecule has 0 aromatic rings. The molecule has 138 valence electrons. The Morgan fingerprint density at radius 2 is 2.16 bits per heavy atom. The number of nitrogens with two attached hydrogens (primary N) is 1. The van der Waals surface area contributed by atoms with Crippen LogP contribution in [0.3, 0.4) is 0 Å². The molecule has 0 saturated carbocycles. The number of aliphatic imine (C=N–C) groups is 3. The Hall–Kier alpha value is -2.33. The van der Waals surface area contributed by atoms with Crippen LogP contribution < -0.4 is 11.1 Å². The van der Waals surface area contributed by atoms with E-state index in [1.165, 1.54) is 6.34 Å². The largest absolute Gasteiger partial charge is 0.462 e. The van der Waals surface area contributed by atoms with Gasteiger partial charge in [0.15, 0.2) is 11.9 Å². The standard InChI is InChI=1S/C15H24N6O4/c1-4-17-10(9(2)3)14(23)25-6-5-24-8-21-7-18-11-12(21)19-15(16)20-13(11)22/h7,9-11,17H,4-6,8H2,1-3H3,(H2,16,20,22). The molecule has 0 aromatic carbocycles. The number of carbonyl (C=O) groups is 2. The van der Waals surface area contributed by atoms with E-state index in [1.54, 1.807) is 4.90 Å². The first-order chi connectivity index (χ1) is 11.9. The second-order valence-electron chi connectivity index (χ2n) is 5.90. The Labute approximate surface area is 146 Å². The summed E-state index contributed by atoms with van der Waals surface area (Å²) in [5, 5.41) is 3.10. The molecule has 10 heteroatoms. The van der Waals surface area contributed by atoms with Crippen LogP contribution in [0.15, 0.2) is 15.0 Å². The zero-order chi connectivity index (χ0) is 18.4. The van der Waals surface area contributed by atoms with Crippen molar-refractivity contribution in [2.24, 2.45) is 26.6 Å². The molecule has 0 spiro atoms. The first kappa shape index (κ1) is 19.0. The highest BCUT2D eigenvalue weighted by atomic mass is 16.6. The number of likely N-dealkylation sites (N-methyl/N-ethyl adjacent to an activating group) is 1. The SMILES string of the molecule is CCNC(C(=O)OCCOCN1C=NC2C(=O)N=C(N)N=C21)C(C)C. The molecule has 2 heterocycles. The van der Waals surface area contributed by atoms with Gasteiger partial charge in [-0.15, -0.1) is 0 Å². The second-order valence-corrected chi connectivity index (χ2v) is 5.90. The van der Waals surface area contributed by atoms with E-state index in [2.05, 4.69) is 20.3 Å². The summed E-state index contributed by atoms with van der Waals surface area (Å²) in [7, 11) is 0. The number of nitrogens with zero attached hydrogens (tertiary/aromatic N) is 4. The molecule has 2 rings (SSSR count). The average Bonchev–Trinajstić information content (AvgIpc) is 2.95. The highest BCUT2D eigenvalue weighted by Crippen LogP contribution is 2.13. The Bertz CT molecular complexity index is 601. The predicted octanol–water partition coefficient (Wildman–Crippen LogP) is -0.896. The molecule has 0 aromatic heterocycles. The van der Waals surface area contributed by atoms with Gasteiger partial charge in [-0.1, -0.05) is 20.8 Å². The molecule has 0 saturated heterocycles. The summed E-state index contributed by atoms with van der Waals surface area (Å²) in [6.07, 6.45) is 1.46. The van der Waals surface area contributed by atoms with E-state index in [9.17, 15) is 9.59 Å². The number of fused-ring (bicyclic) bond motifs is 1. The lowest BCUT2D eigenvalue weighted by Gasteiger charge is -2.21. The normalized spacial score (nSPS) is 20.4. The average molecular weight is 352 g/mol. The van der Waals surface area contributed by atoms with Gasteiger partial charge >= 0.3 is 5.97 Å². The third kappa shape index (κ3) is 4.83. The number of guanidine groups is 1. The smallest absolute Gasteiger partial charge is 0.323 e. The minimum atomic E-state index is -0.749. The van der Waals surface area contributed by atoms with Crippen molar-refractivity contribution in [3.63, 3.8) is 0 Å². The second kappa shape index (κ2) is 8.67. The van der Waals surface area contributed by atoms with Crippen molar-refractivity contribution in [3.8, 4) is 0 Å². The number of ether oxygens (including phenoxy) is 2. The van der Waals surface area contributed by atoms with Crippen LogP contribution in [0, 0.1) is 5.92 Å². The van der Waals surface area contributed by atoms with Crippen molar-refractivity contribution >= 4 is 30.0 Å². The van der Waals surface area contributed by atoms with E-state index in [0.717, 1.165) is 0 Å². The molecule has 3 N–H and O–H groups in total. The Morgan fingerprint density at radius 3 is 2.84 bits per heavy atom. The number of rotatable bonds is 9. The van der Waals surface area contributed by atoms with Crippen molar-refractivity contribution in [1.82, 2.24) is 10.2 Å². The zero-order valence-electron chi connectivity index (χ0n) is 14.6. The van der Waals surface area contributed by atoms with Gasteiger partial charge in [0.25, 0.3) is 5.91 Å². The van der Waals surface area contributed by atoms with Gasteiger partial charge in [-0.3, -0.25) is 19.5 Å². The number of carbonyl (C=O) groups excluding carboxylic acids is 2. The van der Waals surface area contributed by atoms with E-state index >= 15 is 0 Å². The monoisotopic (exact) mass is 352 g/mol. The molecular weight excluding hydrogens is 328 g/mol. The fourth-order valence-corrected chi connectivity index (χ4v) is 2.41. The van der Waals surface area contributed by atoms with Crippen LogP contribution >= 0.6 is 0 Å². The molecule has 25 heavy (non-hydrogen) atoms. The van der Waals surface area contributed by atoms with Crippen LogP contribution in [-0.4, -0.2) is 73.5 Å². The highest BCUT2D eigenvalue weighted by molar-refractivity contribution is 6.21. The fraction of sp³-hybridized carbons (Fsp3) is 0.667. The van der Waals surface area contributed by atoms with Crippen LogP contribution in [0.25, 0.3) is 0 Å². The first-order valence-corrected chi connectivity index (χ1v) is 8.18. The van der Waals surface area contributed by atoms with Crippen molar-refractivity contribution in [2.75, 3.05) is 26.5 Å². The molecule has 1 amide bonds. The van der Waals surface area contributed by atoms with E-state index in [-0.39, 0.29) is 43.8 Å². The van der Waals surface area contributed by atoms with Crippen molar-refractivity contribution in [2.45, 2.75) is 32.9 Å². The number of amides is 1. The van der Waals surface area contributed by atoms with Gasteiger partial charge in [-0.25, -0.2) is 0 Å². The maximum atomic E-state index is 12.0. The summed E-state index contributed by atoms with van der Waals surface area (Å²) in [5.74, 6) is -0.307. The summed E-state index contributed by atoms with van der Waals surface area (Å²) < 4.78 is 10.7. The van der Waals surface area contributed by atoms with Gasteiger partial charge < -0.3 is 20.5 Å². The van der Waals surface area contributed by atoms with Crippen LogP contribution in [0.5, 0.6) is 0 Å². The van der Waals surface area contributed by atoms with Crippen LogP contribution in [0.1, 0.15) is 20.8 Å². The fourth-order valence-electron chi connectivity index (χ4n) is 2.41. The lowest BCUT2D eigenvalue weighted by molar-refractivity contribution is -0.149. The van der Waals surface area contributed by atoms with E-state index < -0.39 is 11.9 Å². The number of hydrogen-bond acceptors (Lipinski definition) is 9. The van der Waals surface area contributed by atoms with Crippen molar-refractivity contribution in [1.29, 1.82) is 0 Å². The first-order valence-electron chi connectivity index (χ1n) is 8.18. The molecule has 0 bridgehead atoms. The molecule has 2 aliphatic heterocycles. The Balaban J connectivity index is 1.72. The number of nitrogens with one attached hydrogen (secondary N) is 1. The number of amidine groups is 1. The van der Waals surface area contributed by atoms with Gasteiger partial charge in [0, 0.05) is 0 Å². The van der Waals surface area contributed by atoms with E-state index in [1.807, 2.05) is 20.8 Å². The third-order valence-electron chi connectivity index (χ3n) is 3.63. The van der Waals surface area contributed by atoms with E-state index in [0.29, 0.717) is 12.4 Å². The molecule has 2 unspecified atom stereocenters. The van der Waals surface area contributed by atoms with Crippen LogP contribution in [0.4, 0.5) is 0 Å². The van der Waals surface area contributed by atoms with Gasteiger partial charge in [-0.05, 0) is 12.5 Å². The summed E-state index contributed by atoms with van der Waals surface area (Å²) in [6, 6.07) is -1.08. The lowest BCUT2D eigenvalue weighted by atomic mass is 10.1. The third-order valence-corrected chi connectivity index (χ3v) is 3.63. The Kier molecular flexibility index (Phi) is 6.59. The molecule has 10 nitrogen and oxygen atoms in total. The summed E-state index contributed by atoms with van der Waals surface area (Å²) in [6.45, 7) is 7.01. The van der Waals surface area contributed by atoms with E-state index in [4.69, 9.17) is 15.2 Å². The maximum absolute atomic E-state index is 12.0. The zero-order valence-corrected chi connectivity index (χ0v) is 14.6. The predicted molar refractivity (Wildman–Crippen MR) is 92.3 cm³/mol. The molecule has 2 atom stereocenters. The molecule has 0 fully saturated rings. The molecular formula is C15H24N6O4. The van der Waals surface area contributed by atoms with Crippen molar-refractivity contribution in [3.05, 3.63) is 0 Å². The van der Waals surface area contributed by atoms with Gasteiger partial charge in [0.1, 0.15) is 19.4 Å². The minimum Gasteiger partial charge on any atom is -0.462 e.